The fraction of sp³-hybridized carbons (Fsp3) is 0.473. The molecule has 7 amide bonds. The Bertz CT molecular complexity index is 3010. The van der Waals surface area contributed by atoms with Crippen molar-refractivity contribution in [3.8, 4) is 0 Å². The number of Topliss-reactive ketones (excluding diaryl/α,β-unsaturated/α-hetero) is 2. The number of carbonyl (C=O) groups is 9. The van der Waals surface area contributed by atoms with Crippen molar-refractivity contribution in [1.82, 2.24) is 19.8 Å². The fourth-order valence-corrected chi connectivity index (χ4v) is 9.88. The molecule has 2 aromatic carbocycles. The summed E-state index contributed by atoms with van der Waals surface area (Å²) in [6.45, 7) is 12.5. The third-order valence-corrected chi connectivity index (χ3v) is 14.8. The zero-order valence-corrected chi connectivity index (χ0v) is 47.6. The SMILES string of the molecule is CCCCCCCCNC(=O)c1ccc(NC(=O)C(C(=O)c2ccc(C)o2)N2C(=O)OC(C)(C)C2=O)c(Cl)c1.CCCCCCCCNS(=O)(=O)c1ccc(NC(=O)C(C(=O)c2ccc(CC)o2)N2C(=O)OC(C)C2=O)c(Cl)c1. The average molecular weight is 1160 g/mol. The number of anilines is 2. The zero-order chi connectivity index (χ0) is 58.2. The van der Waals surface area contributed by atoms with Crippen LogP contribution in [0.4, 0.5) is 21.0 Å². The van der Waals surface area contributed by atoms with Crippen LogP contribution in [0.3, 0.4) is 0 Å². The summed E-state index contributed by atoms with van der Waals surface area (Å²) in [7, 11) is -3.85. The summed E-state index contributed by atoms with van der Waals surface area (Å²) in [5.41, 5.74) is -1.21. The zero-order valence-electron chi connectivity index (χ0n) is 45.3. The van der Waals surface area contributed by atoms with Gasteiger partial charge in [0.15, 0.2) is 35.3 Å². The molecule has 0 bridgehead atoms. The van der Waals surface area contributed by atoms with Gasteiger partial charge in [0.25, 0.3) is 29.5 Å². The Labute approximate surface area is 469 Å². The lowest BCUT2D eigenvalue weighted by Crippen LogP contribution is -2.53. The van der Waals surface area contributed by atoms with Crippen molar-refractivity contribution in [3.63, 3.8) is 0 Å². The number of cyclic esters (lactones) is 2. The molecule has 3 unspecified atom stereocenters. The van der Waals surface area contributed by atoms with E-state index in [1.54, 1.807) is 19.9 Å². The molecule has 79 heavy (non-hydrogen) atoms. The second-order valence-electron chi connectivity index (χ2n) is 19.4. The maximum Gasteiger partial charge on any atom is 0.418 e. The first kappa shape index (κ1) is 63.0. The van der Waals surface area contributed by atoms with Gasteiger partial charge in [-0.2, -0.15) is 0 Å². The van der Waals surface area contributed by atoms with Crippen LogP contribution in [-0.4, -0.2) is 108 Å². The van der Waals surface area contributed by atoms with Crippen molar-refractivity contribution in [2.75, 3.05) is 23.7 Å². The maximum atomic E-state index is 13.3. The van der Waals surface area contributed by atoms with Crippen LogP contribution in [0.25, 0.3) is 0 Å². The minimum atomic E-state index is -3.85. The summed E-state index contributed by atoms with van der Waals surface area (Å²) in [6.07, 6.45) is 9.67. The summed E-state index contributed by atoms with van der Waals surface area (Å²) < 4.78 is 48.7. The number of nitrogens with zero attached hydrogens (tertiary/aromatic N) is 2. The number of nitrogens with one attached hydrogen (secondary N) is 4. The van der Waals surface area contributed by atoms with Crippen molar-refractivity contribution in [3.05, 3.63) is 99.3 Å². The third-order valence-electron chi connectivity index (χ3n) is 12.7. The van der Waals surface area contributed by atoms with Gasteiger partial charge in [-0.25, -0.2) is 32.5 Å². The molecular formula is C55H68Cl2N6O15S. The molecule has 3 atom stereocenters. The molecule has 0 spiro atoms. The standard InChI is InChI=1S/C28H34ClN3O7.C27H34ClN3O8S/c1-5-6-7-8-9-10-15-30-24(34)18-12-13-20(19(29)16-18)31-25(35)22(23(33)21-14-11-17(2)38-21)32-26(36)28(3,4)39-27(32)37;1-4-6-7-8-9-10-15-29-40(36,37)19-12-13-21(20(28)16-19)30-25(33)23(31-26(34)17(3)38-27(31)35)24(32)22-14-11-18(5-2)39-22/h11-14,16,22H,5-10,15H2,1-4H3,(H,30,34)(H,31,35);11-14,16-17,23,29H,4-10,15H2,1-3H3,(H,30,33). The molecule has 4 N–H and O–H groups in total. The number of imide groups is 2. The van der Waals surface area contributed by atoms with Gasteiger partial charge < -0.3 is 34.3 Å². The molecule has 2 aromatic heterocycles. The summed E-state index contributed by atoms with van der Waals surface area (Å²) in [5, 5.41) is 7.66. The van der Waals surface area contributed by atoms with Gasteiger partial charge in [0, 0.05) is 25.1 Å². The lowest BCUT2D eigenvalue weighted by Gasteiger charge is -2.22. The van der Waals surface area contributed by atoms with Gasteiger partial charge >= 0.3 is 12.2 Å². The second-order valence-corrected chi connectivity index (χ2v) is 21.9. The van der Waals surface area contributed by atoms with E-state index in [-0.39, 0.29) is 50.3 Å². The van der Waals surface area contributed by atoms with E-state index in [0.29, 0.717) is 46.3 Å². The number of rotatable bonds is 28. The number of halogens is 2. The molecule has 428 valence electrons. The van der Waals surface area contributed by atoms with Crippen LogP contribution in [0.5, 0.6) is 0 Å². The van der Waals surface area contributed by atoms with Gasteiger partial charge in [0.05, 0.1) is 26.3 Å². The highest BCUT2D eigenvalue weighted by Crippen LogP contribution is 2.31. The minimum Gasteiger partial charge on any atom is -0.458 e. The van der Waals surface area contributed by atoms with E-state index in [1.165, 1.54) is 88.6 Å². The van der Waals surface area contributed by atoms with Gasteiger partial charge in [-0.1, -0.05) is 108 Å². The van der Waals surface area contributed by atoms with Crippen molar-refractivity contribution >= 4 is 97.9 Å². The highest BCUT2D eigenvalue weighted by atomic mass is 35.5. The van der Waals surface area contributed by atoms with Crippen molar-refractivity contribution in [2.45, 2.75) is 161 Å². The van der Waals surface area contributed by atoms with Crippen molar-refractivity contribution in [1.29, 1.82) is 0 Å². The van der Waals surface area contributed by atoms with Crippen LogP contribution >= 0.6 is 23.2 Å². The topological polar surface area (TPSA) is 287 Å². The van der Waals surface area contributed by atoms with Gasteiger partial charge in [0.1, 0.15) is 11.5 Å². The van der Waals surface area contributed by atoms with Gasteiger partial charge in [-0.15, -0.1) is 0 Å². The second kappa shape index (κ2) is 28.8. The van der Waals surface area contributed by atoms with E-state index in [2.05, 4.69) is 34.5 Å². The number of amides is 7. The predicted octanol–water partition coefficient (Wildman–Crippen LogP) is 9.97. The monoisotopic (exact) mass is 1150 g/mol. The van der Waals surface area contributed by atoms with E-state index in [0.717, 1.165) is 57.4 Å². The van der Waals surface area contributed by atoms with E-state index < -0.39 is 81.2 Å². The van der Waals surface area contributed by atoms with Crippen LogP contribution < -0.4 is 20.7 Å². The van der Waals surface area contributed by atoms with Crippen LogP contribution in [0.1, 0.15) is 162 Å². The molecule has 24 heteroatoms. The van der Waals surface area contributed by atoms with E-state index in [4.69, 9.17) is 41.5 Å². The number of sulfonamides is 1. The molecule has 0 aliphatic carbocycles. The average Bonchev–Trinajstić information content (AvgIpc) is 4.41. The number of unbranched alkanes of at least 4 members (excludes halogenated alkanes) is 10. The minimum absolute atomic E-state index is 0.0268. The Hall–Kier alpha value is -6.88. The highest BCUT2D eigenvalue weighted by molar-refractivity contribution is 7.89. The largest absolute Gasteiger partial charge is 0.458 e. The van der Waals surface area contributed by atoms with E-state index in [9.17, 15) is 51.6 Å². The molecule has 0 radical (unpaired) electrons. The van der Waals surface area contributed by atoms with Crippen LogP contribution in [0.2, 0.25) is 10.0 Å². The number of carbonyl (C=O) groups excluding carboxylic acids is 9. The summed E-state index contributed by atoms with van der Waals surface area (Å²) >= 11 is 12.6. The normalized spacial score (nSPS) is 15.7. The van der Waals surface area contributed by atoms with E-state index >= 15 is 0 Å². The van der Waals surface area contributed by atoms with Crippen LogP contribution in [0.15, 0.2) is 74.4 Å². The van der Waals surface area contributed by atoms with Crippen molar-refractivity contribution < 1.29 is 69.9 Å². The Morgan fingerprint density at radius 1 is 0.658 bits per heavy atom. The predicted molar refractivity (Wildman–Crippen MR) is 292 cm³/mol. The molecule has 2 aliphatic rings. The first-order valence-electron chi connectivity index (χ1n) is 26.3. The molecule has 0 saturated carbocycles. The number of furan rings is 2. The van der Waals surface area contributed by atoms with Gasteiger partial charge in [-0.05, 0) is 101 Å². The summed E-state index contributed by atoms with van der Waals surface area (Å²) in [4.78, 5) is 117. The Balaban J connectivity index is 0.000000291. The molecule has 6 rings (SSSR count). The smallest absolute Gasteiger partial charge is 0.418 e. The Morgan fingerprint density at radius 2 is 1.19 bits per heavy atom. The summed E-state index contributed by atoms with van der Waals surface area (Å²) in [5.74, 6) is -5.50. The maximum absolute atomic E-state index is 13.3. The van der Waals surface area contributed by atoms with Crippen molar-refractivity contribution in [2.24, 2.45) is 0 Å². The molecular weight excluding hydrogens is 1090 g/mol. The summed E-state index contributed by atoms with van der Waals surface area (Å²) in [6, 6.07) is 9.85. The number of ether oxygens (including phenoxy) is 2. The quantitative estimate of drug-likeness (QED) is 0.0234. The number of ketones is 2. The third kappa shape index (κ3) is 16.6. The lowest BCUT2D eigenvalue weighted by molar-refractivity contribution is -0.137. The fourth-order valence-electron chi connectivity index (χ4n) is 8.26. The first-order valence-corrected chi connectivity index (χ1v) is 28.5. The lowest BCUT2D eigenvalue weighted by atomic mass is 10.0. The number of hydrogen-bond donors (Lipinski definition) is 4. The molecule has 21 nitrogen and oxygen atoms in total. The Kier molecular flexibility index (Phi) is 23.0. The molecule has 2 fully saturated rings. The molecule has 2 saturated heterocycles. The molecule has 2 aliphatic heterocycles. The highest BCUT2D eigenvalue weighted by Gasteiger charge is 2.54. The van der Waals surface area contributed by atoms with Crippen LogP contribution in [0, 0.1) is 6.92 Å². The number of benzene rings is 2. The number of aryl methyl sites for hydroxylation is 2. The van der Waals surface area contributed by atoms with Gasteiger partial charge in [0.2, 0.25) is 21.6 Å². The van der Waals surface area contributed by atoms with Crippen LogP contribution in [-0.2, 0) is 45.1 Å². The first-order chi connectivity index (χ1) is 37.5. The Morgan fingerprint density at radius 3 is 1.68 bits per heavy atom. The molecule has 4 heterocycles. The molecule has 4 aromatic rings. The van der Waals surface area contributed by atoms with Gasteiger partial charge in [-0.3, -0.25) is 33.6 Å². The number of hydrogen-bond acceptors (Lipinski definition) is 15. The van der Waals surface area contributed by atoms with E-state index in [1.807, 2.05) is 0 Å².